The lowest BCUT2D eigenvalue weighted by atomic mass is 10.1. The first-order valence-corrected chi connectivity index (χ1v) is 7.16. The summed E-state index contributed by atoms with van der Waals surface area (Å²) in [6.07, 6.45) is 1.77. The molecule has 3 rings (SSSR count). The summed E-state index contributed by atoms with van der Waals surface area (Å²) in [6.45, 7) is 3.72. The van der Waals surface area contributed by atoms with E-state index in [4.69, 9.17) is 27.6 Å². The van der Waals surface area contributed by atoms with Crippen molar-refractivity contribution in [2.45, 2.75) is 13.8 Å². The third kappa shape index (κ3) is 2.34. The minimum absolute atomic E-state index is 0.502. The van der Waals surface area contributed by atoms with Crippen LogP contribution in [0, 0.1) is 13.8 Å². The van der Waals surface area contributed by atoms with E-state index in [1.54, 1.807) is 19.2 Å². The summed E-state index contributed by atoms with van der Waals surface area (Å²) in [7, 11) is 1.82. The topological polar surface area (TPSA) is 51.0 Å². The second-order valence-corrected chi connectivity index (χ2v) is 5.60. The summed E-state index contributed by atoms with van der Waals surface area (Å²) in [5.74, 6) is 0.546. The highest BCUT2D eigenvalue weighted by molar-refractivity contribution is 6.37. The Kier molecular flexibility index (Phi) is 3.51. The van der Waals surface area contributed by atoms with Crippen molar-refractivity contribution >= 4 is 40.0 Å². The molecule has 0 atom stereocenters. The highest BCUT2D eigenvalue weighted by atomic mass is 35.5. The number of anilines is 1. The monoisotopic (exact) mass is 321 g/mol. The first-order chi connectivity index (χ1) is 10.0. The number of halogens is 2. The molecule has 2 heterocycles. The molecule has 0 saturated carbocycles. The van der Waals surface area contributed by atoms with E-state index in [2.05, 4.69) is 15.3 Å². The molecule has 21 heavy (non-hydrogen) atoms. The van der Waals surface area contributed by atoms with Gasteiger partial charge in [-0.25, -0.2) is 4.98 Å². The zero-order valence-corrected chi connectivity index (χ0v) is 13.3. The van der Waals surface area contributed by atoms with Crippen molar-refractivity contribution in [2.24, 2.45) is 0 Å². The molecule has 0 bridgehead atoms. The van der Waals surface area contributed by atoms with Gasteiger partial charge in [-0.3, -0.25) is 4.98 Å². The Balaban J connectivity index is 2.42. The maximum atomic E-state index is 6.36. The van der Waals surface area contributed by atoms with Crippen LogP contribution in [-0.4, -0.2) is 17.0 Å². The summed E-state index contributed by atoms with van der Waals surface area (Å²) in [4.78, 5) is 8.88. The Hall–Kier alpha value is -1.78. The van der Waals surface area contributed by atoms with Crippen LogP contribution < -0.4 is 5.32 Å². The largest absolute Gasteiger partial charge is 0.439 e. The van der Waals surface area contributed by atoms with Gasteiger partial charge in [0.15, 0.2) is 11.5 Å². The molecule has 0 radical (unpaired) electrons. The van der Waals surface area contributed by atoms with Gasteiger partial charge in [0.2, 0.25) is 0 Å². The maximum Gasteiger partial charge on any atom is 0.192 e. The highest BCUT2D eigenvalue weighted by Gasteiger charge is 2.20. The molecule has 0 fully saturated rings. The van der Waals surface area contributed by atoms with E-state index in [0.29, 0.717) is 32.7 Å². The smallest absolute Gasteiger partial charge is 0.192 e. The number of nitrogens with zero attached hydrogens (tertiary/aromatic N) is 2. The molecule has 1 N–H and O–H groups in total. The van der Waals surface area contributed by atoms with Gasteiger partial charge in [-0.2, -0.15) is 0 Å². The minimum Gasteiger partial charge on any atom is -0.439 e. The molecular formula is C15H13Cl2N3O. The van der Waals surface area contributed by atoms with Gasteiger partial charge in [-0.1, -0.05) is 23.2 Å². The SMILES string of the molecule is CNc1cc(Cl)c2oc(C)nc2c1-c1ncc(C)cc1Cl. The van der Waals surface area contributed by atoms with Gasteiger partial charge in [-0.05, 0) is 24.6 Å². The first-order valence-electron chi connectivity index (χ1n) is 6.41. The van der Waals surface area contributed by atoms with Gasteiger partial charge in [0.25, 0.3) is 0 Å². The Morgan fingerprint density at radius 1 is 1.14 bits per heavy atom. The van der Waals surface area contributed by atoms with Crippen molar-refractivity contribution in [1.82, 2.24) is 9.97 Å². The fraction of sp³-hybridized carbons (Fsp3) is 0.200. The van der Waals surface area contributed by atoms with E-state index in [1.165, 1.54) is 0 Å². The van der Waals surface area contributed by atoms with Crippen LogP contribution in [0.2, 0.25) is 10.0 Å². The number of nitrogens with one attached hydrogen (secondary N) is 1. The summed E-state index contributed by atoms with van der Waals surface area (Å²) in [6, 6.07) is 3.67. The number of aryl methyl sites for hydroxylation is 2. The molecule has 2 aromatic heterocycles. The molecule has 108 valence electrons. The van der Waals surface area contributed by atoms with Crippen LogP contribution in [0.1, 0.15) is 11.5 Å². The third-order valence-corrected chi connectivity index (χ3v) is 3.78. The van der Waals surface area contributed by atoms with Crippen molar-refractivity contribution < 1.29 is 4.42 Å². The lowest BCUT2D eigenvalue weighted by molar-refractivity contribution is 0.561. The van der Waals surface area contributed by atoms with Crippen LogP contribution in [0.15, 0.2) is 22.7 Å². The van der Waals surface area contributed by atoms with Crippen LogP contribution in [-0.2, 0) is 0 Å². The quantitative estimate of drug-likeness (QED) is 0.732. The van der Waals surface area contributed by atoms with Gasteiger partial charge < -0.3 is 9.73 Å². The number of aromatic nitrogens is 2. The van der Waals surface area contributed by atoms with Crippen LogP contribution in [0.5, 0.6) is 0 Å². The Morgan fingerprint density at radius 3 is 2.57 bits per heavy atom. The van der Waals surface area contributed by atoms with Crippen LogP contribution in [0.3, 0.4) is 0 Å². The molecule has 0 aliphatic heterocycles. The second kappa shape index (κ2) is 5.20. The number of hydrogen-bond donors (Lipinski definition) is 1. The average molecular weight is 322 g/mol. The van der Waals surface area contributed by atoms with Crippen molar-refractivity contribution in [3.8, 4) is 11.3 Å². The highest BCUT2D eigenvalue weighted by Crippen LogP contribution is 2.41. The Labute approximate surface area is 132 Å². The number of benzene rings is 1. The molecule has 0 unspecified atom stereocenters. The lowest BCUT2D eigenvalue weighted by Crippen LogP contribution is -1.96. The predicted molar refractivity (Wildman–Crippen MR) is 86.3 cm³/mol. The minimum atomic E-state index is 0.502. The molecular weight excluding hydrogens is 309 g/mol. The number of oxazole rings is 1. The van der Waals surface area contributed by atoms with E-state index in [0.717, 1.165) is 16.8 Å². The molecule has 4 nitrogen and oxygen atoms in total. The van der Waals surface area contributed by atoms with E-state index < -0.39 is 0 Å². The normalized spacial score (nSPS) is 11.1. The fourth-order valence-corrected chi connectivity index (χ4v) is 2.86. The van der Waals surface area contributed by atoms with Crippen molar-refractivity contribution in [3.05, 3.63) is 39.8 Å². The van der Waals surface area contributed by atoms with Crippen molar-refractivity contribution in [2.75, 3.05) is 12.4 Å². The number of pyridine rings is 1. The number of fused-ring (bicyclic) bond motifs is 1. The fourth-order valence-electron chi connectivity index (χ4n) is 2.30. The van der Waals surface area contributed by atoms with E-state index >= 15 is 0 Å². The zero-order chi connectivity index (χ0) is 15.1. The van der Waals surface area contributed by atoms with Crippen molar-refractivity contribution in [1.29, 1.82) is 0 Å². The van der Waals surface area contributed by atoms with Crippen LogP contribution >= 0.6 is 23.2 Å². The van der Waals surface area contributed by atoms with E-state index in [9.17, 15) is 0 Å². The molecule has 3 aromatic rings. The Bertz CT molecular complexity index is 843. The molecule has 0 aliphatic rings. The average Bonchev–Trinajstić information content (AvgIpc) is 2.82. The summed E-state index contributed by atoms with van der Waals surface area (Å²) >= 11 is 12.6. The second-order valence-electron chi connectivity index (χ2n) is 4.78. The van der Waals surface area contributed by atoms with Gasteiger partial charge >= 0.3 is 0 Å². The zero-order valence-electron chi connectivity index (χ0n) is 11.8. The van der Waals surface area contributed by atoms with E-state index in [-0.39, 0.29) is 0 Å². The maximum absolute atomic E-state index is 6.36. The predicted octanol–water partition coefficient (Wildman–Crippen LogP) is 4.86. The summed E-state index contributed by atoms with van der Waals surface area (Å²) in [5.41, 5.74) is 4.44. The Morgan fingerprint density at radius 2 is 1.90 bits per heavy atom. The standard InChI is InChI=1S/C15H13Cl2N3O/c1-7-4-9(16)13(19-6-7)12-11(18-3)5-10(17)15-14(12)20-8(2)21-15/h4-6,18H,1-3H3. The van der Waals surface area contributed by atoms with E-state index in [1.807, 2.05) is 20.0 Å². The molecule has 0 aliphatic carbocycles. The van der Waals surface area contributed by atoms with Gasteiger partial charge in [0, 0.05) is 25.9 Å². The van der Waals surface area contributed by atoms with Crippen molar-refractivity contribution in [3.63, 3.8) is 0 Å². The molecule has 1 aromatic carbocycles. The summed E-state index contributed by atoms with van der Waals surface area (Å²) < 4.78 is 5.58. The third-order valence-electron chi connectivity index (χ3n) is 3.21. The molecule has 0 saturated heterocycles. The van der Waals surface area contributed by atoms with Gasteiger partial charge in [0.05, 0.1) is 21.3 Å². The van der Waals surface area contributed by atoms with Gasteiger partial charge in [-0.15, -0.1) is 0 Å². The molecule has 0 amide bonds. The number of rotatable bonds is 2. The number of hydrogen-bond acceptors (Lipinski definition) is 4. The lowest BCUT2D eigenvalue weighted by Gasteiger charge is -2.11. The van der Waals surface area contributed by atoms with Crippen LogP contribution in [0.25, 0.3) is 22.4 Å². The van der Waals surface area contributed by atoms with Crippen LogP contribution in [0.4, 0.5) is 5.69 Å². The first kappa shape index (κ1) is 14.2. The molecule has 6 heteroatoms. The summed E-state index contributed by atoms with van der Waals surface area (Å²) in [5, 5.41) is 4.18. The van der Waals surface area contributed by atoms with Gasteiger partial charge in [0.1, 0.15) is 5.52 Å². The molecule has 0 spiro atoms.